The third-order valence-corrected chi connectivity index (χ3v) is 4.08. The number of carbonyl (C=O) groups is 1. The molecule has 1 N–H and O–H groups in total. The third-order valence-electron chi connectivity index (χ3n) is 4.08. The van der Waals surface area contributed by atoms with Crippen LogP contribution in [-0.4, -0.2) is 33.8 Å². The minimum atomic E-state index is 0.00305. The molecular formula is C20H25NO4. The molecule has 1 amide bonds. The molecule has 2 rings (SSSR count). The zero-order chi connectivity index (χ0) is 18.2. The van der Waals surface area contributed by atoms with Gasteiger partial charge in [0.15, 0.2) is 11.5 Å². The van der Waals surface area contributed by atoms with E-state index in [0.29, 0.717) is 24.5 Å². The van der Waals surface area contributed by atoms with Crippen LogP contribution in [0.25, 0.3) is 0 Å². The number of ether oxygens (including phenoxy) is 3. The first-order valence-electron chi connectivity index (χ1n) is 8.18. The summed E-state index contributed by atoms with van der Waals surface area (Å²) < 4.78 is 15.7. The SMILES string of the molecule is COc1ccc(CC(=O)NCCc2cc(OC)c(OC)cc2C)cc1. The van der Waals surface area contributed by atoms with Gasteiger partial charge in [-0.25, -0.2) is 0 Å². The van der Waals surface area contributed by atoms with Gasteiger partial charge in [-0.15, -0.1) is 0 Å². The summed E-state index contributed by atoms with van der Waals surface area (Å²) >= 11 is 0. The molecule has 0 bridgehead atoms. The van der Waals surface area contributed by atoms with Gasteiger partial charge in [0.1, 0.15) is 5.75 Å². The summed E-state index contributed by atoms with van der Waals surface area (Å²) in [4.78, 5) is 12.1. The van der Waals surface area contributed by atoms with Crippen molar-refractivity contribution in [3.63, 3.8) is 0 Å². The molecule has 5 heteroatoms. The maximum Gasteiger partial charge on any atom is 0.224 e. The van der Waals surface area contributed by atoms with Gasteiger partial charge in [-0.2, -0.15) is 0 Å². The van der Waals surface area contributed by atoms with E-state index in [1.165, 1.54) is 0 Å². The Morgan fingerprint density at radius 1 is 0.960 bits per heavy atom. The van der Waals surface area contributed by atoms with Crippen LogP contribution in [0.4, 0.5) is 0 Å². The van der Waals surface area contributed by atoms with Crippen molar-refractivity contribution in [3.8, 4) is 17.2 Å². The summed E-state index contributed by atoms with van der Waals surface area (Å²) in [5.74, 6) is 2.20. The summed E-state index contributed by atoms with van der Waals surface area (Å²) in [6.07, 6.45) is 1.09. The van der Waals surface area contributed by atoms with E-state index in [-0.39, 0.29) is 5.91 Å². The smallest absolute Gasteiger partial charge is 0.224 e. The first-order valence-corrected chi connectivity index (χ1v) is 8.18. The lowest BCUT2D eigenvalue weighted by Crippen LogP contribution is -2.27. The molecule has 0 aromatic heterocycles. The minimum Gasteiger partial charge on any atom is -0.497 e. The van der Waals surface area contributed by atoms with Crippen LogP contribution in [0.3, 0.4) is 0 Å². The van der Waals surface area contributed by atoms with Gasteiger partial charge in [0.25, 0.3) is 0 Å². The molecule has 0 unspecified atom stereocenters. The molecule has 2 aromatic rings. The Bertz CT molecular complexity index is 710. The molecule has 0 saturated heterocycles. The molecule has 0 radical (unpaired) electrons. The molecule has 0 atom stereocenters. The number of carbonyl (C=O) groups excluding carboxylic acids is 1. The molecule has 0 saturated carbocycles. The Morgan fingerprint density at radius 3 is 2.20 bits per heavy atom. The lowest BCUT2D eigenvalue weighted by Gasteiger charge is -2.13. The average Bonchev–Trinajstić information content (AvgIpc) is 2.63. The first-order chi connectivity index (χ1) is 12.1. The van der Waals surface area contributed by atoms with E-state index in [0.717, 1.165) is 28.9 Å². The number of benzene rings is 2. The molecule has 134 valence electrons. The molecule has 0 spiro atoms. The number of hydrogen-bond donors (Lipinski definition) is 1. The highest BCUT2D eigenvalue weighted by molar-refractivity contribution is 5.78. The van der Waals surface area contributed by atoms with Gasteiger partial charge in [0.05, 0.1) is 27.8 Å². The van der Waals surface area contributed by atoms with Crippen LogP contribution < -0.4 is 19.5 Å². The van der Waals surface area contributed by atoms with Gasteiger partial charge in [0.2, 0.25) is 5.91 Å². The van der Waals surface area contributed by atoms with Crippen molar-refractivity contribution in [2.24, 2.45) is 0 Å². The summed E-state index contributed by atoms with van der Waals surface area (Å²) in [6.45, 7) is 2.60. The van der Waals surface area contributed by atoms with E-state index in [4.69, 9.17) is 14.2 Å². The fourth-order valence-corrected chi connectivity index (χ4v) is 2.62. The Labute approximate surface area is 148 Å². The molecule has 0 aliphatic rings. The van der Waals surface area contributed by atoms with Gasteiger partial charge in [-0.1, -0.05) is 12.1 Å². The minimum absolute atomic E-state index is 0.00305. The maximum absolute atomic E-state index is 12.1. The lowest BCUT2D eigenvalue weighted by atomic mass is 10.0. The van der Waals surface area contributed by atoms with E-state index >= 15 is 0 Å². The lowest BCUT2D eigenvalue weighted by molar-refractivity contribution is -0.120. The predicted molar refractivity (Wildman–Crippen MR) is 97.7 cm³/mol. The zero-order valence-electron chi connectivity index (χ0n) is 15.2. The molecule has 2 aromatic carbocycles. The maximum atomic E-state index is 12.1. The number of rotatable bonds is 8. The Morgan fingerprint density at radius 2 is 1.60 bits per heavy atom. The van der Waals surface area contributed by atoms with E-state index < -0.39 is 0 Å². The third kappa shape index (κ3) is 5.14. The second-order valence-electron chi connectivity index (χ2n) is 5.76. The number of methoxy groups -OCH3 is 3. The molecule has 0 aliphatic heterocycles. The van der Waals surface area contributed by atoms with Crippen molar-refractivity contribution in [1.29, 1.82) is 0 Å². The van der Waals surface area contributed by atoms with E-state index in [1.54, 1.807) is 21.3 Å². The first kappa shape index (κ1) is 18.6. The van der Waals surface area contributed by atoms with Crippen molar-refractivity contribution >= 4 is 5.91 Å². The Hall–Kier alpha value is -2.69. The molecule has 25 heavy (non-hydrogen) atoms. The van der Waals surface area contributed by atoms with Crippen LogP contribution in [-0.2, 0) is 17.6 Å². The largest absolute Gasteiger partial charge is 0.497 e. The topological polar surface area (TPSA) is 56.8 Å². The predicted octanol–water partition coefficient (Wildman–Crippen LogP) is 2.92. The standard InChI is InChI=1S/C20H25NO4/c1-14-11-18(24-3)19(25-4)13-16(14)9-10-21-20(22)12-15-5-7-17(23-2)8-6-15/h5-8,11,13H,9-10,12H2,1-4H3,(H,21,22). The van der Waals surface area contributed by atoms with Crippen molar-refractivity contribution in [2.45, 2.75) is 19.8 Å². The highest BCUT2D eigenvalue weighted by Gasteiger charge is 2.09. The molecule has 5 nitrogen and oxygen atoms in total. The van der Waals surface area contributed by atoms with E-state index in [1.807, 2.05) is 43.3 Å². The Balaban J connectivity index is 1.88. The van der Waals surface area contributed by atoms with E-state index in [2.05, 4.69) is 5.32 Å². The van der Waals surface area contributed by atoms with Crippen molar-refractivity contribution < 1.29 is 19.0 Å². The summed E-state index contributed by atoms with van der Waals surface area (Å²) in [7, 11) is 4.86. The van der Waals surface area contributed by atoms with Crippen molar-refractivity contribution in [1.82, 2.24) is 5.32 Å². The van der Waals surface area contributed by atoms with Crippen molar-refractivity contribution in [2.75, 3.05) is 27.9 Å². The van der Waals surface area contributed by atoms with E-state index in [9.17, 15) is 4.79 Å². The fourth-order valence-electron chi connectivity index (χ4n) is 2.62. The molecular weight excluding hydrogens is 318 g/mol. The molecule has 0 heterocycles. The van der Waals surface area contributed by atoms with Gasteiger partial charge in [-0.05, 0) is 54.3 Å². The fraction of sp³-hybridized carbons (Fsp3) is 0.350. The van der Waals surface area contributed by atoms with Crippen LogP contribution in [0.5, 0.6) is 17.2 Å². The van der Waals surface area contributed by atoms with Crippen LogP contribution in [0.2, 0.25) is 0 Å². The highest BCUT2D eigenvalue weighted by atomic mass is 16.5. The summed E-state index contributed by atoms with van der Waals surface area (Å²) in [6, 6.07) is 11.4. The number of amides is 1. The number of hydrogen-bond acceptors (Lipinski definition) is 4. The van der Waals surface area contributed by atoms with Crippen LogP contribution in [0, 0.1) is 6.92 Å². The molecule has 0 fully saturated rings. The normalized spacial score (nSPS) is 10.2. The monoisotopic (exact) mass is 343 g/mol. The number of aryl methyl sites for hydroxylation is 1. The Kier molecular flexibility index (Phi) is 6.69. The van der Waals surface area contributed by atoms with Crippen LogP contribution in [0.15, 0.2) is 36.4 Å². The van der Waals surface area contributed by atoms with Gasteiger partial charge in [0, 0.05) is 6.54 Å². The zero-order valence-corrected chi connectivity index (χ0v) is 15.2. The van der Waals surface area contributed by atoms with Gasteiger partial charge < -0.3 is 19.5 Å². The average molecular weight is 343 g/mol. The quantitative estimate of drug-likeness (QED) is 0.801. The van der Waals surface area contributed by atoms with Crippen LogP contribution >= 0.6 is 0 Å². The van der Waals surface area contributed by atoms with Gasteiger partial charge in [-0.3, -0.25) is 4.79 Å². The molecule has 0 aliphatic carbocycles. The highest BCUT2D eigenvalue weighted by Crippen LogP contribution is 2.30. The summed E-state index contributed by atoms with van der Waals surface area (Å²) in [5.41, 5.74) is 3.20. The summed E-state index contributed by atoms with van der Waals surface area (Å²) in [5, 5.41) is 2.96. The number of nitrogens with one attached hydrogen (secondary N) is 1. The van der Waals surface area contributed by atoms with Crippen LogP contribution in [0.1, 0.15) is 16.7 Å². The van der Waals surface area contributed by atoms with Crippen molar-refractivity contribution in [3.05, 3.63) is 53.1 Å². The second-order valence-corrected chi connectivity index (χ2v) is 5.76. The second kappa shape index (κ2) is 8.97. The van der Waals surface area contributed by atoms with Gasteiger partial charge >= 0.3 is 0 Å².